The van der Waals surface area contributed by atoms with E-state index in [0.717, 1.165) is 62.8 Å². The van der Waals surface area contributed by atoms with E-state index in [2.05, 4.69) is 76.3 Å². The van der Waals surface area contributed by atoms with Gasteiger partial charge in [-0.25, -0.2) is 14.6 Å². The number of methoxy groups -OCH3 is 2. The average Bonchev–Trinajstić information content (AvgIpc) is 4.16. The molecule has 2 saturated heterocycles. The van der Waals surface area contributed by atoms with Gasteiger partial charge >= 0.3 is 12.2 Å². The van der Waals surface area contributed by atoms with Crippen LogP contribution in [0.1, 0.15) is 68.6 Å². The van der Waals surface area contributed by atoms with E-state index in [-0.39, 0.29) is 30.3 Å². The molecular formula is C49H50N8O6. The summed E-state index contributed by atoms with van der Waals surface area (Å²) in [5, 5.41) is 17.4. The summed E-state index contributed by atoms with van der Waals surface area (Å²) < 4.78 is 9.61. The van der Waals surface area contributed by atoms with Gasteiger partial charge in [0.15, 0.2) is 0 Å². The summed E-state index contributed by atoms with van der Waals surface area (Å²) in [7, 11) is 2.54. The van der Waals surface area contributed by atoms with Crippen LogP contribution in [-0.2, 0) is 19.1 Å². The third-order valence-electron chi connectivity index (χ3n) is 12.3. The van der Waals surface area contributed by atoms with Crippen molar-refractivity contribution in [3.05, 3.63) is 120 Å². The van der Waals surface area contributed by atoms with E-state index in [4.69, 9.17) is 19.5 Å². The van der Waals surface area contributed by atoms with E-state index in [1.54, 1.807) is 35.4 Å². The monoisotopic (exact) mass is 846 g/mol. The molecule has 3 N–H and O–H groups in total. The first kappa shape index (κ1) is 42.4. The van der Waals surface area contributed by atoms with Gasteiger partial charge in [-0.1, -0.05) is 92.7 Å². The van der Waals surface area contributed by atoms with Crippen LogP contribution in [0.25, 0.3) is 38.7 Å². The number of likely N-dealkylation sites (tertiary alicyclic amines) is 2. The Balaban J connectivity index is 0.935. The summed E-state index contributed by atoms with van der Waals surface area (Å²) in [5.74, 6) is -0.387. The van der Waals surface area contributed by atoms with Crippen LogP contribution < -0.4 is 10.6 Å². The van der Waals surface area contributed by atoms with Crippen molar-refractivity contribution in [2.75, 3.05) is 27.3 Å². The van der Waals surface area contributed by atoms with E-state index in [9.17, 15) is 24.4 Å². The van der Waals surface area contributed by atoms with Gasteiger partial charge in [0, 0.05) is 37.0 Å². The number of benzene rings is 4. The molecule has 14 nitrogen and oxygen atoms in total. The number of nitriles is 1. The number of carbonyl (C=O) groups is 4. The van der Waals surface area contributed by atoms with E-state index in [1.165, 1.54) is 14.2 Å². The maximum Gasteiger partial charge on any atom is 0.407 e. The van der Waals surface area contributed by atoms with Gasteiger partial charge in [0.1, 0.15) is 17.9 Å². The topological polar surface area (TPSA) is 182 Å². The lowest BCUT2D eigenvalue weighted by atomic mass is 9.95. The predicted octanol–water partition coefficient (Wildman–Crippen LogP) is 7.96. The highest BCUT2D eigenvalue weighted by Gasteiger charge is 2.42. The molecule has 4 amide bonds. The molecule has 0 saturated carbocycles. The number of hydrogen-bond donors (Lipinski definition) is 3. The second-order valence-electron chi connectivity index (χ2n) is 16.6. The number of aliphatic imine (C=N–C) groups is 1. The van der Waals surface area contributed by atoms with Crippen LogP contribution in [0.4, 0.5) is 9.59 Å². The van der Waals surface area contributed by atoms with Crippen molar-refractivity contribution in [2.24, 2.45) is 16.8 Å². The van der Waals surface area contributed by atoms with Gasteiger partial charge < -0.3 is 34.9 Å². The van der Waals surface area contributed by atoms with Gasteiger partial charge in [0.2, 0.25) is 5.91 Å². The molecule has 3 aliphatic rings. The van der Waals surface area contributed by atoms with Gasteiger partial charge in [0.25, 0.3) is 5.91 Å². The number of rotatable bonds is 11. The smallest absolute Gasteiger partial charge is 0.407 e. The molecule has 63 heavy (non-hydrogen) atoms. The molecule has 0 aliphatic carbocycles. The molecule has 1 aromatic heterocycles. The Morgan fingerprint density at radius 2 is 1.48 bits per heavy atom. The first-order valence-corrected chi connectivity index (χ1v) is 21.2. The fourth-order valence-electron chi connectivity index (χ4n) is 8.91. The molecule has 5 aromatic rings. The minimum Gasteiger partial charge on any atom is -0.453 e. The zero-order valence-electron chi connectivity index (χ0n) is 35.7. The number of imidazole rings is 1. The Morgan fingerprint density at radius 1 is 0.810 bits per heavy atom. The molecule has 322 valence electrons. The second-order valence-corrected chi connectivity index (χ2v) is 16.6. The van der Waals surface area contributed by atoms with Crippen molar-refractivity contribution >= 4 is 46.1 Å². The summed E-state index contributed by atoms with van der Waals surface area (Å²) in [6.07, 6.45) is 5.08. The van der Waals surface area contributed by atoms with Crippen molar-refractivity contribution in [3.8, 4) is 28.5 Å². The molecule has 4 aromatic carbocycles. The molecule has 0 spiro atoms. The number of aromatic nitrogens is 2. The normalized spacial score (nSPS) is 19.3. The molecular weight excluding hydrogens is 797 g/mol. The number of hydrogen-bond acceptors (Lipinski definition) is 9. The number of fused-ring (bicyclic) bond motifs is 1. The molecule has 2 fully saturated rings. The number of aromatic amines is 1. The minimum absolute atomic E-state index is 0.0951. The lowest BCUT2D eigenvalue weighted by Gasteiger charge is -2.31. The molecule has 0 radical (unpaired) electrons. The summed E-state index contributed by atoms with van der Waals surface area (Å²) in [4.78, 5) is 68.4. The third-order valence-corrected chi connectivity index (χ3v) is 12.3. The standard InChI is InChI=1S/C49H50N8O6/c1-29(2)43(54-48(60)62-3)46(58)56-20-8-11-41(56)39-24-38(26-51-39)32-14-12-31(13-15-32)34-16-17-36-23-37(19-18-35(36)22-34)40-27-52-45(53-40)42-21-30(25-50)28-57(42)47(59)44(55-49(61)63-4)33-9-6-5-7-10-33/h5-7,9-10,12-19,22-23,26-27,29-30,41-44H,8,11,20-21,24,28H2,1-4H3,(H,52,53)(H,54,60)(H,55,61)/t30?,41-,42-,43-,44+/m0/s1. The van der Waals surface area contributed by atoms with E-state index >= 15 is 0 Å². The van der Waals surface area contributed by atoms with Crippen molar-refractivity contribution in [1.29, 1.82) is 5.26 Å². The first-order chi connectivity index (χ1) is 30.5. The van der Waals surface area contributed by atoms with Crippen LogP contribution in [-0.4, -0.2) is 88.9 Å². The average molecular weight is 847 g/mol. The molecule has 8 rings (SSSR count). The number of ether oxygens (including phenoxy) is 2. The number of amides is 4. The van der Waals surface area contributed by atoms with Crippen LogP contribution in [0.5, 0.6) is 0 Å². The maximum absolute atomic E-state index is 14.1. The Labute approximate surface area is 366 Å². The number of H-pyrrole nitrogens is 1. The highest BCUT2D eigenvalue weighted by atomic mass is 16.5. The Bertz CT molecular complexity index is 2630. The molecule has 14 heteroatoms. The second kappa shape index (κ2) is 18.4. The van der Waals surface area contributed by atoms with Gasteiger partial charge in [-0.2, -0.15) is 5.26 Å². The largest absolute Gasteiger partial charge is 0.453 e. The Hall–Kier alpha value is -7.27. The zero-order chi connectivity index (χ0) is 44.2. The summed E-state index contributed by atoms with van der Waals surface area (Å²) in [5.41, 5.74) is 7.61. The van der Waals surface area contributed by atoms with Crippen LogP contribution in [0, 0.1) is 23.2 Å². The maximum atomic E-state index is 14.1. The quantitative estimate of drug-likeness (QED) is 0.120. The Kier molecular flexibility index (Phi) is 12.4. The van der Waals surface area contributed by atoms with E-state index in [1.807, 2.05) is 37.1 Å². The lowest BCUT2D eigenvalue weighted by Crippen LogP contribution is -2.53. The lowest BCUT2D eigenvalue weighted by molar-refractivity contribution is -0.135. The summed E-state index contributed by atoms with van der Waals surface area (Å²) in [6, 6.07) is 30.1. The Morgan fingerprint density at radius 3 is 2.17 bits per heavy atom. The fraction of sp³-hybridized carbons (Fsp3) is 0.327. The molecule has 1 unspecified atom stereocenters. The van der Waals surface area contributed by atoms with Crippen LogP contribution in [0.3, 0.4) is 0 Å². The molecule has 0 bridgehead atoms. The fourth-order valence-corrected chi connectivity index (χ4v) is 8.91. The van der Waals surface area contributed by atoms with Gasteiger partial charge in [-0.05, 0) is 75.9 Å². The van der Waals surface area contributed by atoms with Crippen LogP contribution in [0.2, 0.25) is 0 Å². The number of carbonyl (C=O) groups excluding carboxylic acids is 4. The van der Waals surface area contributed by atoms with Crippen molar-refractivity contribution < 1.29 is 28.7 Å². The number of allylic oxidation sites excluding steroid dienone is 1. The van der Waals surface area contributed by atoms with E-state index < -0.39 is 36.2 Å². The zero-order valence-corrected chi connectivity index (χ0v) is 35.7. The van der Waals surface area contributed by atoms with Gasteiger partial charge in [-0.15, -0.1) is 0 Å². The molecule has 5 atom stereocenters. The van der Waals surface area contributed by atoms with Crippen LogP contribution >= 0.6 is 0 Å². The van der Waals surface area contributed by atoms with Crippen molar-refractivity contribution in [2.45, 2.75) is 63.7 Å². The predicted molar refractivity (Wildman–Crippen MR) is 239 cm³/mol. The number of alkyl carbamates (subject to hydrolysis) is 2. The number of nitrogens with zero attached hydrogens (tertiary/aromatic N) is 5. The molecule has 4 heterocycles. The summed E-state index contributed by atoms with van der Waals surface area (Å²) >= 11 is 0. The summed E-state index contributed by atoms with van der Waals surface area (Å²) in [6.45, 7) is 4.65. The van der Waals surface area contributed by atoms with Crippen molar-refractivity contribution in [1.82, 2.24) is 30.4 Å². The third kappa shape index (κ3) is 8.90. The molecule has 3 aliphatic heterocycles. The first-order valence-electron chi connectivity index (χ1n) is 21.2. The SMILES string of the molecule is COC(=O)N[C@H](C(=O)N1CCC[C@H]1C1=NC=C(c2ccc(-c3ccc4cc(-c5cnc([C@@H]6CC(C#N)CN6C(=O)[C@H](NC(=O)OC)c6ccccc6)[nH]5)ccc4c3)cc2)C1)C(C)C. The van der Waals surface area contributed by atoms with Crippen LogP contribution in [0.15, 0.2) is 108 Å². The highest BCUT2D eigenvalue weighted by Crippen LogP contribution is 2.38. The van der Waals surface area contributed by atoms with E-state index in [0.29, 0.717) is 30.8 Å². The van der Waals surface area contributed by atoms with Crippen molar-refractivity contribution in [3.63, 3.8) is 0 Å². The van der Waals surface area contributed by atoms with Gasteiger partial charge in [0.05, 0.1) is 50.2 Å². The highest BCUT2D eigenvalue weighted by molar-refractivity contribution is 6.04. The number of nitrogens with one attached hydrogen (secondary N) is 3. The minimum atomic E-state index is -1.000. The van der Waals surface area contributed by atoms with Gasteiger partial charge in [-0.3, -0.25) is 14.6 Å².